The van der Waals surface area contributed by atoms with E-state index < -0.39 is 0 Å². The van der Waals surface area contributed by atoms with Gasteiger partial charge in [0.25, 0.3) is 11.8 Å². The van der Waals surface area contributed by atoms with Crippen LogP contribution in [0.1, 0.15) is 41.0 Å². The van der Waals surface area contributed by atoms with Gasteiger partial charge in [-0.15, -0.1) is 11.8 Å². The van der Waals surface area contributed by atoms with E-state index in [0.29, 0.717) is 29.6 Å². The van der Waals surface area contributed by atoms with Crippen LogP contribution in [0.25, 0.3) is 0 Å². The lowest BCUT2D eigenvalue weighted by atomic mass is 10.2. The molecule has 1 aliphatic rings. The zero-order valence-electron chi connectivity index (χ0n) is 13.1. The van der Waals surface area contributed by atoms with Crippen LogP contribution in [-0.4, -0.2) is 40.1 Å². The molecule has 1 fully saturated rings. The summed E-state index contributed by atoms with van der Waals surface area (Å²) in [5.74, 6) is 1.35. The van der Waals surface area contributed by atoms with Gasteiger partial charge in [0.15, 0.2) is 5.82 Å². The van der Waals surface area contributed by atoms with E-state index in [9.17, 15) is 4.79 Å². The second-order valence-electron chi connectivity index (χ2n) is 5.33. The minimum Gasteiger partial charge on any atom is -0.396 e. The van der Waals surface area contributed by atoms with E-state index in [0.717, 1.165) is 17.7 Å². The van der Waals surface area contributed by atoms with E-state index in [1.165, 1.54) is 11.8 Å². The summed E-state index contributed by atoms with van der Waals surface area (Å²) >= 11 is 1.54. The zero-order valence-corrected chi connectivity index (χ0v) is 13.9. The molecular weight excluding hydrogens is 330 g/mol. The van der Waals surface area contributed by atoms with Crippen LogP contribution >= 0.6 is 11.8 Å². The Hall–Kier alpha value is -1.90. The van der Waals surface area contributed by atoms with Crippen molar-refractivity contribution >= 4 is 17.7 Å². The highest BCUT2D eigenvalue weighted by molar-refractivity contribution is 7.99. The number of benzene rings is 1. The number of hydrogen-bond acceptors (Lipinski definition) is 7. The van der Waals surface area contributed by atoms with Crippen molar-refractivity contribution in [3.05, 3.63) is 41.5 Å². The molecule has 1 atom stereocenters. The second-order valence-corrected chi connectivity index (χ2v) is 6.50. The molecule has 1 aromatic heterocycles. The predicted molar refractivity (Wildman–Crippen MR) is 87.6 cm³/mol. The molecule has 128 valence electrons. The maximum Gasteiger partial charge on any atom is 0.255 e. The molecule has 0 bridgehead atoms. The standard InChI is InChI=1S/C16H19N3O4S/c20-7-9-24-12-5-3-11(4-6-12)15(21)17-10-14-18-16(23-19-14)13-2-1-8-22-13/h3-6,13,20H,1-2,7-10H2,(H,17,21)/t13-/m0/s1. The molecule has 7 nitrogen and oxygen atoms in total. The Morgan fingerprint density at radius 2 is 2.21 bits per heavy atom. The number of carbonyl (C=O) groups excluding carboxylic acids is 1. The highest BCUT2D eigenvalue weighted by Gasteiger charge is 2.23. The second kappa shape index (κ2) is 8.27. The SMILES string of the molecule is O=C(NCc1noc([C@@H]2CCCO2)n1)c1ccc(SCCO)cc1. The van der Waals surface area contributed by atoms with Gasteiger partial charge in [-0.25, -0.2) is 0 Å². The van der Waals surface area contributed by atoms with Crippen molar-refractivity contribution in [3.8, 4) is 0 Å². The third-order valence-corrected chi connectivity index (χ3v) is 4.56. The maximum atomic E-state index is 12.1. The van der Waals surface area contributed by atoms with Gasteiger partial charge in [-0.05, 0) is 37.1 Å². The smallest absolute Gasteiger partial charge is 0.255 e. The average Bonchev–Trinajstić information content (AvgIpc) is 3.29. The van der Waals surface area contributed by atoms with E-state index >= 15 is 0 Å². The van der Waals surface area contributed by atoms with Gasteiger partial charge in [-0.1, -0.05) is 5.16 Å². The molecule has 24 heavy (non-hydrogen) atoms. The number of rotatable bonds is 7. The molecule has 2 aromatic rings. The number of nitrogens with one attached hydrogen (secondary N) is 1. The highest BCUT2D eigenvalue weighted by atomic mass is 32.2. The highest BCUT2D eigenvalue weighted by Crippen LogP contribution is 2.26. The Bertz CT molecular complexity index is 668. The summed E-state index contributed by atoms with van der Waals surface area (Å²) in [7, 11) is 0. The largest absolute Gasteiger partial charge is 0.396 e. The van der Waals surface area contributed by atoms with Crippen molar-refractivity contribution in [3.63, 3.8) is 0 Å². The fourth-order valence-corrected chi connectivity index (χ4v) is 3.03. The van der Waals surface area contributed by atoms with Crippen molar-refractivity contribution in [1.82, 2.24) is 15.5 Å². The van der Waals surface area contributed by atoms with Crippen LogP contribution < -0.4 is 5.32 Å². The van der Waals surface area contributed by atoms with Crippen LogP contribution in [-0.2, 0) is 11.3 Å². The van der Waals surface area contributed by atoms with Crippen molar-refractivity contribution in [2.45, 2.75) is 30.4 Å². The molecule has 2 heterocycles. The molecule has 1 aliphatic heterocycles. The first-order valence-electron chi connectivity index (χ1n) is 7.82. The van der Waals surface area contributed by atoms with E-state index in [1.807, 2.05) is 12.1 Å². The van der Waals surface area contributed by atoms with Crippen molar-refractivity contribution < 1.29 is 19.2 Å². The summed E-state index contributed by atoms with van der Waals surface area (Å²) < 4.78 is 10.7. The van der Waals surface area contributed by atoms with Crippen LogP contribution in [0.5, 0.6) is 0 Å². The molecule has 0 spiro atoms. The lowest BCUT2D eigenvalue weighted by molar-refractivity contribution is 0.0835. The number of ether oxygens (including phenoxy) is 1. The van der Waals surface area contributed by atoms with Gasteiger partial charge in [0.1, 0.15) is 6.10 Å². The van der Waals surface area contributed by atoms with E-state index in [4.69, 9.17) is 14.4 Å². The van der Waals surface area contributed by atoms with Crippen molar-refractivity contribution in [2.24, 2.45) is 0 Å². The molecule has 0 unspecified atom stereocenters. The fourth-order valence-electron chi connectivity index (χ4n) is 2.37. The lowest BCUT2D eigenvalue weighted by Gasteiger charge is -2.04. The van der Waals surface area contributed by atoms with Gasteiger partial charge in [0, 0.05) is 22.8 Å². The normalized spacial score (nSPS) is 17.1. The lowest BCUT2D eigenvalue weighted by Crippen LogP contribution is -2.23. The number of aromatic nitrogens is 2. The monoisotopic (exact) mass is 349 g/mol. The molecule has 0 saturated carbocycles. The zero-order chi connectivity index (χ0) is 16.8. The van der Waals surface area contributed by atoms with Gasteiger partial charge in [-0.2, -0.15) is 4.98 Å². The molecular formula is C16H19N3O4S. The number of thioether (sulfide) groups is 1. The van der Waals surface area contributed by atoms with Gasteiger partial charge in [0.2, 0.25) is 0 Å². The number of carbonyl (C=O) groups is 1. The molecule has 0 radical (unpaired) electrons. The van der Waals surface area contributed by atoms with Crippen molar-refractivity contribution in [1.29, 1.82) is 0 Å². The minimum atomic E-state index is -0.197. The predicted octanol–water partition coefficient (Wildman–Crippen LogP) is 1.94. The van der Waals surface area contributed by atoms with Crippen molar-refractivity contribution in [2.75, 3.05) is 19.0 Å². The third-order valence-electron chi connectivity index (χ3n) is 3.57. The Morgan fingerprint density at radius 3 is 2.92 bits per heavy atom. The topological polar surface area (TPSA) is 97.5 Å². The third kappa shape index (κ3) is 4.34. The van der Waals surface area contributed by atoms with E-state index in [1.54, 1.807) is 12.1 Å². The molecule has 0 aliphatic carbocycles. The minimum absolute atomic E-state index is 0.120. The summed E-state index contributed by atoms with van der Waals surface area (Å²) in [4.78, 5) is 17.4. The quantitative estimate of drug-likeness (QED) is 0.737. The molecule has 8 heteroatoms. The number of amides is 1. The van der Waals surface area contributed by atoms with Crippen LogP contribution in [0.3, 0.4) is 0 Å². The van der Waals surface area contributed by atoms with Gasteiger partial charge >= 0.3 is 0 Å². The maximum absolute atomic E-state index is 12.1. The number of aliphatic hydroxyl groups is 1. The Morgan fingerprint density at radius 1 is 1.38 bits per heavy atom. The molecule has 1 aromatic carbocycles. The molecule has 3 rings (SSSR count). The Labute approximate surface area is 143 Å². The van der Waals surface area contributed by atoms with Gasteiger partial charge in [0.05, 0.1) is 13.2 Å². The number of aliphatic hydroxyl groups excluding tert-OH is 1. The van der Waals surface area contributed by atoms with Crippen LogP contribution in [0, 0.1) is 0 Å². The summed E-state index contributed by atoms with van der Waals surface area (Å²) in [6, 6.07) is 7.23. The summed E-state index contributed by atoms with van der Waals surface area (Å²) in [5, 5.41) is 15.4. The van der Waals surface area contributed by atoms with Crippen LogP contribution in [0.2, 0.25) is 0 Å². The Kier molecular flexibility index (Phi) is 5.84. The van der Waals surface area contributed by atoms with E-state index in [2.05, 4.69) is 15.5 Å². The van der Waals surface area contributed by atoms with Crippen LogP contribution in [0.4, 0.5) is 0 Å². The summed E-state index contributed by atoms with van der Waals surface area (Å²) in [6.45, 7) is 1.05. The first kappa shape index (κ1) is 16.9. The first-order valence-corrected chi connectivity index (χ1v) is 8.81. The summed E-state index contributed by atoms with van der Waals surface area (Å²) in [5.41, 5.74) is 0.561. The van der Waals surface area contributed by atoms with Gasteiger partial charge < -0.3 is 19.7 Å². The fraction of sp³-hybridized carbons (Fsp3) is 0.438. The Balaban J connectivity index is 1.51. The molecule has 2 N–H and O–H groups in total. The first-order chi connectivity index (χ1) is 11.8. The molecule has 1 saturated heterocycles. The van der Waals surface area contributed by atoms with Crippen LogP contribution in [0.15, 0.2) is 33.7 Å². The average molecular weight is 349 g/mol. The molecule has 1 amide bonds. The number of nitrogens with zero attached hydrogens (tertiary/aromatic N) is 2. The number of hydrogen-bond donors (Lipinski definition) is 2. The summed E-state index contributed by atoms with van der Waals surface area (Å²) in [6.07, 6.45) is 1.76. The van der Waals surface area contributed by atoms with E-state index in [-0.39, 0.29) is 25.2 Å². The van der Waals surface area contributed by atoms with Gasteiger partial charge in [-0.3, -0.25) is 4.79 Å².